The number of carbonyl (C=O) groups excluding carboxylic acids is 1. The lowest BCUT2D eigenvalue weighted by atomic mass is 10.1. The molecule has 0 unspecified atom stereocenters. The number of nitrogens with zero attached hydrogens (tertiary/aromatic N) is 2. The number of carbonyl (C=O) groups is 2. The number of aliphatic carboxylic acids is 1. The van der Waals surface area contributed by atoms with Gasteiger partial charge in [-0.15, -0.1) is 0 Å². The van der Waals surface area contributed by atoms with Gasteiger partial charge in [0.15, 0.2) is 0 Å². The molecule has 0 spiro atoms. The number of phenolic OH excluding ortho intramolecular Hbond substituents is 1. The van der Waals surface area contributed by atoms with Crippen molar-refractivity contribution in [3.63, 3.8) is 0 Å². The van der Waals surface area contributed by atoms with E-state index in [9.17, 15) is 14.7 Å². The minimum atomic E-state index is -0.798. The number of carboxylic acids is 1. The van der Waals surface area contributed by atoms with E-state index in [0.717, 1.165) is 0 Å². The van der Waals surface area contributed by atoms with Crippen LogP contribution in [-0.2, 0) is 16.0 Å². The second-order valence-electron chi connectivity index (χ2n) is 5.17. The molecule has 1 saturated heterocycles. The normalized spacial score (nSPS) is 15.9. The van der Waals surface area contributed by atoms with Crippen LogP contribution >= 0.6 is 0 Å². The molecule has 0 aliphatic carbocycles. The van der Waals surface area contributed by atoms with Crippen LogP contribution in [0.1, 0.15) is 12.0 Å². The molecule has 2 rings (SSSR count). The van der Waals surface area contributed by atoms with Gasteiger partial charge in [0, 0.05) is 38.3 Å². The van der Waals surface area contributed by atoms with E-state index in [-0.39, 0.29) is 24.5 Å². The number of amides is 1. The van der Waals surface area contributed by atoms with Gasteiger partial charge in [-0.3, -0.25) is 14.5 Å². The summed E-state index contributed by atoms with van der Waals surface area (Å²) in [5, 5.41) is 18.3. The Balaban J connectivity index is 1.81. The zero-order valence-corrected chi connectivity index (χ0v) is 11.9. The van der Waals surface area contributed by atoms with Crippen molar-refractivity contribution in [1.29, 1.82) is 0 Å². The van der Waals surface area contributed by atoms with Crippen molar-refractivity contribution in [2.45, 2.75) is 12.8 Å². The topological polar surface area (TPSA) is 81.1 Å². The number of carboxylic acid groups (broad SMARTS) is 1. The third kappa shape index (κ3) is 4.46. The van der Waals surface area contributed by atoms with Gasteiger partial charge >= 0.3 is 5.97 Å². The first kappa shape index (κ1) is 15.3. The van der Waals surface area contributed by atoms with Gasteiger partial charge in [0.1, 0.15) is 5.75 Å². The first-order valence-electron chi connectivity index (χ1n) is 7.05. The summed E-state index contributed by atoms with van der Waals surface area (Å²) in [4.78, 5) is 26.6. The molecule has 1 aliphatic rings. The highest BCUT2D eigenvalue weighted by Crippen LogP contribution is 2.17. The van der Waals surface area contributed by atoms with E-state index in [2.05, 4.69) is 4.90 Å². The number of para-hydroxylation sites is 1. The average Bonchev–Trinajstić information content (AvgIpc) is 2.48. The van der Waals surface area contributed by atoms with Gasteiger partial charge in [-0.25, -0.2) is 0 Å². The molecule has 21 heavy (non-hydrogen) atoms. The molecule has 0 saturated carbocycles. The Bertz CT molecular complexity index is 510. The van der Waals surface area contributed by atoms with E-state index >= 15 is 0 Å². The number of hydrogen-bond donors (Lipinski definition) is 2. The molecule has 1 amide bonds. The van der Waals surface area contributed by atoms with Gasteiger partial charge in [0.2, 0.25) is 5.91 Å². The molecule has 2 N–H and O–H groups in total. The molecular weight excluding hydrogens is 272 g/mol. The number of phenols is 1. The Morgan fingerprint density at radius 1 is 1.10 bits per heavy atom. The van der Waals surface area contributed by atoms with Crippen LogP contribution in [0.3, 0.4) is 0 Å². The Morgan fingerprint density at radius 2 is 1.76 bits per heavy atom. The minimum absolute atomic E-state index is 0.00520. The SMILES string of the molecule is O=C(O)CCN1CCN(C(=O)Cc2ccccc2O)CC1. The average molecular weight is 292 g/mol. The van der Waals surface area contributed by atoms with Gasteiger partial charge in [0.05, 0.1) is 12.8 Å². The molecule has 6 nitrogen and oxygen atoms in total. The number of rotatable bonds is 5. The van der Waals surface area contributed by atoms with Crippen molar-refractivity contribution in [2.24, 2.45) is 0 Å². The lowest BCUT2D eigenvalue weighted by Gasteiger charge is -2.34. The molecule has 0 aromatic heterocycles. The van der Waals surface area contributed by atoms with E-state index in [1.807, 2.05) is 0 Å². The molecule has 1 aromatic carbocycles. The van der Waals surface area contributed by atoms with Gasteiger partial charge in [-0.05, 0) is 6.07 Å². The van der Waals surface area contributed by atoms with Gasteiger partial charge in [0.25, 0.3) is 0 Å². The third-order valence-electron chi connectivity index (χ3n) is 3.70. The summed E-state index contributed by atoms with van der Waals surface area (Å²) < 4.78 is 0. The van der Waals surface area contributed by atoms with Crippen molar-refractivity contribution in [3.05, 3.63) is 29.8 Å². The summed E-state index contributed by atoms with van der Waals surface area (Å²) in [6, 6.07) is 6.85. The Hall–Kier alpha value is -2.08. The Kier molecular flexibility index (Phi) is 5.16. The Morgan fingerprint density at radius 3 is 2.38 bits per heavy atom. The van der Waals surface area contributed by atoms with E-state index in [0.29, 0.717) is 38.3 Å². The lowest BCUT2D eigenvalue weighted by Crippen LogP contribution is -2.49. The van der Waals surface area contributed by atoms with Crippen LogP contribution in [0.2, 0.25) is 0 Å². The number of hydrogen-bond acceptors (Lipinski definition) is 4. The van der Waals surface area contributed by atoms with Gasteiger partial charge in [-0.1, -0.05) is 18.2 Å². The summed E-state index contributed by atoms with van der Waals surface area (Å²) in [5.41, 5.74) is 0.635. The van der Waals surface area contributed by atoms with Crippen molar-refractivity contribution in [1.82, 2.24) is 9.80 Å². The van der Waals surface area contributed by atoms with Crippen LogP contribution in [-0.4, -0.2) is 64.6 Å². The zero-order valence-electron chi connectivity index (χ0n) is 11.9. The first-order valence-corrected chi connectivity index (χ1v) is 7.05. The van der Waals surface area contributed by atoms with Crippen molar-refractivity contribution in [3.8, 4) is 5.75 Å². The number of aromatic hydroxyl groups is 1. The number of benzene rings is 1. The predicted molar refractivity (Wildman–Crippen MR) is 77.1 cm³/mol. The molecule has 114 valence electrons. The highest BCUT2D eigenvalue weighted by molar-refractivity contribution is 5.79. The molecule has 1 heterocycles. The second-order valence-corrected chi connectivity index (χ2v) is 5.17. The van der Waals surface area contributed by atoms with E-state index in [1.54, 1.807) is 29.2 Å². The molecule has 0 radical (unpaired) electrons. The van der Waals surface area contributed by atoms with Crippen LogP contribution in [0.4, 0.5) is 0 Å². The summed E-state index contributed by atoms with van der Waals surface area (Å²) in [5.74, 6) is -0.659. The third-order valence-corrected chi connectivity index (χ3v) is 3.70. The highest BCUT2D eigenvalue weighted by atomic mass is 16.4. The highest BCUT2D eigenvalue weighted by Gasteiger charge is 2.21. The van der Waals surface area contributed by atoms with Crippen LogP contribution in [0.25, 0.3) is 0 Å². The van der Waals surface area contributed by atoms with E-state index in [4.69, 9.17) is 5.11 Å². The van der Waals surface area contributed by atoms with Gasteiger partial charge < -0.3 is 15.1 Å². The molecule has 1 fully saturated rings. The fraction of sp³-hybridized carbons (Fsp3) is 0.467. The second kappa shape index (κ2) is 7.08. The summed E-state index contributed by atoms with van der Waals surface area (Å²) in [6.45, 7) is 3.12. The smallest absolute Gasteiger partial charge is 0.304 e. The van der Waals surface area contributed by atoms with Crippen molar-refractivity contribution >= 4 is 11.9 Å². The summed E-state index contributed by atoms with van der Waals surface area (Å²) in [6.07, 6.45) is 0.327. The predicted octanol–water partition coefficient (Wildman–Crippen LogP) is 0.554. The zero-order chi connectivity index (χ0) is 15.2. The minimum Gasteiger partial charge on any atom is -0.508 e. The monoisotopic (exact) mass is 292 g/mol. The lowest BCUT2D eigenvalue weighted by molar-refractivity contribution is -0.138. The summed E-state index contributed by atoms with van der Waals surface area (Å²) >= 11 is 0. The van der Waals surface area contributed by atoms with E-state index < -0.39 is 5.97 Å². The Labute approximate surface area is 123 Å². The maximum absolute atomic E-state index is 12.2. The molecule has 1 aromatic rings. The van der Waals surface area contributed by atoms with Gasteiger partial charge in [-0.2, -0.15) is 0 Å². The van der Waals surface area contributed by atoms with Crippen LogP contribution in [0.5, 0.6) is 5.75 Å². The first-order chi connectivity index (χ1) is 10.1. The van der Waals surface area contributed by atoms with Crippen LogP contribution < -0.4 is 0 Å². The quantitative estimate of drug-likeness (QED) is 0.828. The maximum atomic E-state index is 12.2. The molecule has 1 aliphatic heterocycles. The number of piperazine rings is 1. The van der Waals surface area contributed by atoms with E-state index in [1.165, 1.54) is 0 Å². The largest absolute Gasteiger partial charge is 0.508 e. The van der Waals surface area contributed by atoms with Crippen molar-refractivity contribution in [2.75, 3.05) is 32.7 Å². The molecule has 6 heteroatoms. The van der Waals surface area contributed by atoms with Crippen LogP contribution in [0, 0.1) is 0 Å². The van der Waals surface area contributed by atoms with Crippen LogP contribution in [0.15, 0.2) is 24.3 Å². The standard InChI is InChI=1S/C15H20N2O4/c18-13-4-2-1-3-12(13)11-14(19)17-9-7-16(8-10-17)6-5-15(20)21/h1-4,18H,5-11H2,(H,20,21). The van der Waals surface area contributed by atoms with Crippen molar-refractivity contribution < 1.29 is 19.8 Å². The summed E-state index contributed by atoms with van der Waals surface area (Å²) in [7, 11) is 0. The maximum Gasteiger partial charge on any atom is 0.304 e. The molecule has 0 atom stereocenters. The fourth-order valence-electron chi connectivity index (χ4n) is 2.41. The fourth-order valence-corrected chi connectivity index (χ4v) is 2.41. The molecular formula is C15H20N2O4. The molecule has 0 bridgehead atoms.